The number of hydrogen-bond acceptors (Lipinski definition) is 3. The minimum Gasteiger partial charge on any atom is -0.379 e. The molecule has 0 amide bonds. The maximum Gasteiger partial charge on any atom is 0.0612 e. The fourth-order valence-electron chi connectivity index (χ4n) is 2.17. The molecule has 0 spiro atoms. The summed E-state index contributed by atoms with van der Waals surface area (Å²) >= 11 is 0. The van der Waals surface area contributed by atoms with E-state index in [1.807, 2.05) is 0 Å². The molecule has 1 aliphatic heterocycles. The second kappa shape index (κ2) is 4.73. The molecule has 1 N–H and O–H groups in total. The second-order valence-electron chi connectivity index (χ2n) is 4.24. The number of hydrogen-bond donors (Lipinski definition) is 1. The van der Waals surface area contributed by atoms with Crippen LogP contribution in [0.3, 0.4) is 0 Å². The van der Waals surface area contributed by atoms with E-state index >= 15 is 0 Å². The molecular formula is C14H16N2O. The van der Waals surface area contributed by atoms with Crippen LogP contribution in [0.4, 0.5) is 5.69 Å². The highest BCUT2D eigenvalue weighted by molar-refractivity contribution is 5.93. The predicted octanol–water partition coefficient (Wildman–Crippen LogP) is 2.50. The normalized spacial score (nSPS) is 17.2. The number of hydrazine groups is 1. The lowest BCUT2D eigenvalue weighted by Crippen LogP contribution is -2.40. The Bertz CT molecular complexity index is 501. The van der Waals surface area contributed by atoms with Gasteiger partial charge in [-0.2, -0.15) is 0 Å². The Kier molecular flexibility index (Phi) is 2.94. The van der Waals surface area contributed by atoms with Gasteiger partial charge in [0.2, 0.25) is 0 Å². The molecule has 1 aliphatic rings. The molecule has 88 valence electrons. The number of nitrogens with one attached hydrogen (secondary N) is 1. The van der Waals surface area contributed by atoms with Gasteiger partial charge in [0.1, 0.15) is 0 Å². The minimum atomic E-state index is 0.803. The Labute approximate surface area is 101 Å². The van der Waals surface area contributed by atoms with Gasteiger partial charge in [-0.1, -0.05) is 36.4 Å². The number of nitrogens with zero attached hydrogens (tertiary/aromatic N) is 1. The van der Waals surface area contributed by atoms with Crippen molar-refractivity contribution in [2.24, 2.45) is 0 Å². The van der Waals surface area contributed by atoms with Crippen LogP contribution in [0.5, 0.6) is 0 Å². The summed E-state index contributed by atoms with van der Waals surface area (Å²) in [6, 6.07) is 14.8. The Morgan fingerprint density at radius 1 is 0.941 bits per heavy atom. The van der Waals surface area contributed by atoms with E-state index in [1.165, 1.54) is 16.5 Å². The van der Waals surface area contributed by atoms with Gasteiger partial charge in [0, 0.05) is 18.5 Å². The summed E-state index contributed by atoms with van der Waals surface area (Å²) in [6.45, 7) is 3.47. The SMILES string of the molecule is c1ccc2c(NN3CCOCC3)cccc2c1. The highest BCUT2D eigenvalue weighted by Gasteiger charge is 2.10. The molecule has 2 aromatic carbocycles. The monoisotopic (exact) mass is 228 g/mol. The quantitative estimate of drug-likeness (QED) is 0.854. The van der Waals surface area contributed by atoms with Gasteiger partial charge >= 0.3 is 0 Å². The highest BCUT2D eigenvalue weighted by Crippen LogP contribution is 2.23. The summed E-state index contributed by atoms with van der Waals surface area (Å²) in [4.78, 5) is 0. The number of benzene rings is 2. The maximum atomic E-state index is 5.34. The molecule has 3 rings (SSSR count). The Morgan fingerprint density at radius 2 is 1.71 bits per heavy atom. The van der Waals surface area contributed by atoms with Gasteiger partial charge in [0.25, 0.3) is 0 Å². The molecule has 1 fully saturated rings. The highest BCUT2D eigenvalue weighted by atomic mass is 16.5. The van der Waals surface area contributed by atoms with Crippen LogP contribution in [-0.4, -0.2) is 31.3 Å². The largest absolute Gasteiger partial charge is 0.379 e. The van der Waals surface area contributed by atoms with Crippen LogP contribution in [0.15, 0.2) is 42.5 Å². The third-order valence-electron chi connectivity index (χ3n) is 3.08. The first-order valence-electron chi connectivity index (χ1n) is 6.00. The zero-order valence-corrected chi connectivity index (χ0v) is 9.73. The number of ether oxygens (including phenoxy) is 1. The van der Waals surface area contributed by atoms with E-state index in [-0.39, 0.29) is 0 Å². The van der Waals surface area contributed by atoms with Gasteiger partial charge in [0.05, 0.1) is 18.9 Å². The minimum absolute atomic E-state index is 0.803. The summed E-state index contributed by atoms with van der Waals surface area (Å²) < 4.78 is 5.34. The zero-order valence-electron chi connectivity index (χ0n) is 9.73. The first-order chi connectivity index (χ1) is 8.43. The molecule has 0 aliphatic carbocycles. The Morgan fingerprint density at radius 3 is 2.59 bits per heavy atom. The van der Waals surface area contributed by atoms with Crippen molar-refractivity contribution in [1.29, 1.82) is 0 Å². The topological polar surface area (TPSA) is 24.5 Å². The van der Waals surface area contributed by atoms with Gasteiger partial charge in [-0.25, -0.2) is 5.01 Å². The molecule has 3 nitrogen and oxygen atoms in total. The van der Waals surface area contributed by atoms with Crippen molar-refractivity contribution in [2.45, 2.75) is 0 Å². The molecule has 0 unspecified atom stereocenters. The van der Waals surface area contributed by atoms with Crippen LogP contribution >= 0.6 is 0 Å². The van der Waals surface area contributed by atoms with Crippen molar-refractivity contribution < 1.29 is 4.74 Å². The summed E-state index contributed by atoms with van der Waals surface area (Å²) in [6.07, 6.45) is 0. The van der Waals surface area contributed by atoms with Gasteiger partial charge < -0.3 is 10.2 Å². The second-order valence-corrected chi connectivity index (χ2v) is 4.24. The third kappa shape index (κ3) is 2.25. The average Bonchev–Trinajstić information content (AvgIpc) is 2.40. The summed E-state index contributed by atoms with van der Waals surface area (Å²) in [5.41, 5.74) is 4.65. The Balaban J connectivity index is 1.89. The van der Waals surface area contributed by atoms with Gasteiger partial charge in [-0.05, 0) is 11.5 Å². The molecule has 1 saturated heterocycles. The summed E-state index contributed by atoms with van der Waals surface area (Å²) in [7, 11) is 0. The third-order valence-corrected chi connectivity index (χ3v) is 3.08. The van der Waals surface area contributed by atoms with Crippen LogP contribution in [0.1, 0.15) is 0 Å². The van der Waals surface area contributed by atoms with Crippen molar-refractivity contribution in [3.05, 3.63) is 42.5 Å². The molecule has 0 atom stereocenters. The molecule has 0 radical (unpaired) electrons. The van der Waals surface area contributed by atoms with Gasteiger partial charge in [-0.15, -0.1) is 0 Å². The van der Waals surface area contributed by atoms with Crippen LogP contribution < -0.4 is 5.43 Å². The molecule has 0 saturated carbocycles. The first-order valence-corrected chi connectivity index (χ1v) is 6.00. The lowest BCUT2D eigenvalue weighted by molar-refractivity contribution is 0.0497. The lowest BCUT2D eigenvalue weighted by Gasteiger charge is -2.28. The maximum absolute atomic E-state index is 5.34. The number of rotatable bonds is 2. The Hall–Kier alpha value is -1.58. The average molecular weight is 228 g/mol. The van der Waals surface area contributed by atoms with Crippen molar-refractivity contribution in [1.82, 2.24) is 5.01 Å². The van der Waals surface area contributed by atoms with E-state index < -0.39 is 0 Å². The predicted molar refractivity (Wildman–Crippen MR) is 70.0 cm³/mol. The molecule has 3 heteroatoms. The molecular weight excluding hydrogens is 212 g/mol. The zero-order chi connectivity index (χ0) is 11.5. The van der Waals surface area contributed by atoms with Gasteiger partial charge in [0.15, 0.2) is 0 Å². The fourth-order valence-corrected chi connectivity index (χ4v) is 2.17. The van der Waals surface area contributed by atoms with E-state index in [0.717, 1.165) is 26.3 Å². The van der Waals surface area contributed by atoms with Crippen LogP contribution in [-0.2, 0) is 4.74 Å². The smallest absolute Gasteiger partial charge is 0.0612 e. The van der Waals surface area contributed by atoms with E-state index in [4.69, 9.17) is 4.74 Å². The van der Waals surface area contributed by atoms with Crippen LogP contribution in [0.2, 0.25) is 0 Å². The van der Waals surface area contributed by atoms with Crippen molar-refractivity contribution in [3.63, 3.8) is 0 Å². The van der Waals surface area contributed by atoms with Gasteiger partial charge in [-0.3, -0.25) is 0 Å². The van der Waals surface area contributed by atoms with E-state index in [2.05, 4.69) is 52.9 Å². The van der Waals surface area contributed by atoms with Crippen LogP contribution in [0, 0.1) is 0 Å². The van der Waals surface area contributed by atoms with E-state index in [9.17, 15) is 0 Å². The van der Waals surface area contributed by atoms with Crippen molar-refractivity contribution in [3.8, 4) is 0 Å². The summed E-state index contributed by atoms with van der Waals surface area (Å²) in [5.74, 6) is 0. The number of morpholine rings is 1. The molecule has 0 aromatic heterocycles. The van der Waals surface area contributed by atoms with Crippen molar-refractivity contribution >= 4 is 16.5 Å². The van der Waals surface area contributed by atoms with Crippen LogP contribution in [0.25, 0.3) is 10.8 Å². The molecule has 0 bridgehead atoms. The number of anilines is 1. The number of fused-ring (bicyclic) bond motifs is 1. The van der Waals surface area contributed by atoms with Crippen molar-refractivity contribution in [2.75, 3.05) is 31.7 Å². The van der Waals surface area contributed by atoms with E-state index in [0.29, 0.717) is 0 Å². The molecule has 1 heterocycles. The fraction of sp³-hybridized carbons (Fsp3) is 0.286. The van der Waals surface area contributed by atoms with E-state index in [1.54, 1.807) is 0 Å². The standard InChI is InChI=1S/C14H16N2O/c1-2-6-13-12(4-1)5-3-7-14(13)15-16-8-10-17-11-9-16/h1-7,15H,8-11H2. The lowest BCUT2D eigenvalue weighted by atomic mass is 10.1. The molecule has 2 aromatic rings. The first kappa shape index (κ1) is 10.6. The summed E-state index contributed by atoms with van der Waals surface area (Å²) in [5, 5.41) is 4.75. The molecule has 17 heavy (non-hydrogen) atoms.